The molecule has 11 nitrogen and oxygen atoms in total. The van der Waals surface area contributed by atoms with Gasteiger partial charge in [0.15, 0.2) is 0 Å². The molecule has 0 bridgehead atoms. The average Bonchev–Trinajstić information content (AvgIpc) is 3.72. The number of nitrogens with one attached hydrogen (secondary N) is 2. The maximum Gasteiger partial charge on any atom is 0.307 e. The fourth-order valence-electron chi connectivity index (χ4n) is 6.23. The van der Waals surface area contributed by atoms with E-state index in [4.69, 9.17) is 11.6 Å². The number of carboxylic acids is 1. The molecular formula is C36H37ClN6O5. The van der Waals surface area contributed by atoms with Crippen LogP contribution in [0.5, 0.6) is 0 Å². The van der Waals surface area contributed by atoms with Crippen LogP contribution in [-0.4, -0.2) is 80.0 Å². The molecule has 2 fully saturated rings. The van der Waals surface area contributed by atoms with Crippen molar-refractivity contribution in [2.75, 3.05) is 36.8 Å². The number of aliphatic hydroxyl groups excluding tert-OH is 1. The van der Waals surface area contributed by atoms with Gasteiger partial charge in [0.05, 0.1) is 22.7 Å². The molecule has 0 saturated carbocycles. The van der Waals surface area contributed by atoms with Gasteiger partial charge in [0.1, 0.15) is 11.4 Å². The molecule has 6 rings (SSSR count). The monoisotopic (exact) mass is 668 g/mol. The third kappa shape index (κ3) is 7.71. The number of nitrogens with zero attached hydrogens (tertiary/aromatic N) is 4. The third-order valence-corrected chi connectivity index (χ3v) is 9.32. The SMILES string of the molecule is Cc1c(NC(=O)c2ccc(CN3CCC(C(=O)O)C3)cn2)cccc1-c1cccc(NC(=O)c2ccc(CN3CCC(O)C3)cn2)c1Cl. The van der Waals surface area contributed by atoms with Gasteiger partial charge in [0.25, 0.3) is 11.8 Å². The molecule has 2 unspecified atom stereocenters. The number of carbonyl (C=O) groups excluding carboxylic acids is 2. The zero-order valence-corrected chi connectivity index (χ0v) is 27.3. The molecule has 0 spiro atoms. The number of amides is 2. The van der Waals surface area contributed by atoms with Crippen molar-refractivity contribution in [3.05, 3.63) is 106 Å². The first-order valence-corrected chi connectivity index (χ1v) is 16.3. The predicted molar refractivity (Wildman–Crippen MR) is 183 cm³/mol. The van der Waals surface area contributed by atoms with Gasteiger partial charge in [-0.15, -0.1) is 0 Å². The van der Waals surface area contributed by atoms with Crippen LogP contribution in [0.3, 0.4) is 0 Å². The summed E-state index contributed by atoms with van der Waals surface area (Å²) in [5.41, 5.74) is 5.68. The number of hydrogen-bond donors (Lipinski definition) is 4. The van der Waals surface area contributed by atoms with Gasteiger partial charge in [-0.1, -0.05) is 48.0 Å². The van der Waals surface area contributed by atoms with E-state index in [9.17, 15) is 24.6 Å². The fraction of sp³-hybridized carbons (Fsp3) is 0.306. The number of pyridine rings is 2. The summed E-state index contributed by atoms with van der Waals surface area (Å²) in [5.74, 6) is -1.87. The van der Waals surface area contributed by atoms with Crippen molar-refractivity contribution in [3.8, 4) is 11.1 Å². The number of β-amino-alcohol motifs (C(OH)–C–C–N with tert-alkyl or cyclic N) is 1. The molecule has 48 heavy (non-hydrogen) atoms. The first-order valence-electron chi connectivity index (χ1n) is 15.9. The second kappa shape index (κ2) is 14.6. The smallest absolute Gasteiger partial charge is 0.307 e. The molecule has 2 amide bonds. The number of benzene rings is 2. The fourth-order valence-corrected chi connectivity index (χ4v) is 6.50. The minimum atomic E-state index is -0.768. The quantitative estimate of drug-likeness (QED) is 0.182. The molecule has 0 aliphatic carbocycles. The van der Waals surface area contributed by atoms with Crippen molar-refractivity contribution in [2.24, 2.45) is 5.92 Å². The Morgan fingerprint density at radius 3 is 1.90 bits per heavy atom. The van der Waals surface area contributed by atoms with E-state index in [1.807, 2.05) is 37.3 Å². The summed E-state index contributed by atoms with van der Waals surface area (Å²) in [6.45, 7) is 5.81. The summed E-state index contributed by atoms with van der Waals surface area (Å²) < 4.78 is 0. The molecule has 4 heterocycles. The minimum absolute atomic E-state index is 0.257. The second-order valence-electron chi connectivity index (χ2n) is 12.4. The Kier molecular flexibility index (Phi) is 10.1. The highest BCUT2D eigenvalue weighted by atomic mass is 35.5. The maximum absolute atomic E-state index is 13.1. The largest absolute Gasteiger partial charge is 0.481 e. The van der Waals surface area contributed by atoms with Gasteiger partial charge >= 0.3 is 5.97 Å². The first-order chi connectivity index (χ1) is 23.1. The Bertz CT molecular complexity index is 1820. The maximum atomic E-state index is 13.1. The molecule has 0 radical (unpaired) electrons. The van der Waals surface area contributed by atoms with E-state index in [0.717, 1.165) is 35.2 Å². The van der Waals surface area contributed by atoms with Gasteiger partial charge in [-0.25, -0.2) is 0 Å². The van der Waals surface area contributed by atoms with Crippen LogP contribution in [0.25, 0.3) is 11.1 Å². The molecule has 2 aliphatic rings. The summed E-state index contributed by atoms with van der Waals surface area (Å²) in [6.07, 6.45) is 4.43. The average molecular weight is 669 g/mol. The van der Waals surface area contributed by atoms with Crippen molar-refractivity contribution < 1.29 is 24.6 Å². The highest BCUT2D eigenvalue weighted by Crippen LogP contribution is 2.37. The Morgan fingerprint density at radius 1 is 0.792 bits per heavy atom. The molecule has 2 aromatic heterocycles. The second-order valence-corrected chi connectivity index (χ2v) is 12.8. The van der Waals surface area contributed by atoms with Crippen molar-refractivity contribution >= 4 is 40.8 Å². The highest BCUT2D eigenvalue weighted by Gasteiger charge is 2.28. The van der Waals surface area contributed by atoms with Crippen LogP contribution in [0.4, 0.5) is 11.4 Å². The van der Waals surface area contributed by atoms with Crippen molar-refractivity contribution in [2.45, 2.75) is 39.0 Å². The number of aliphatic hydroxyl groups is 1. The van der Waals surface area contributed by atoms with Crippen LogP contribution in [0, 0.1) is 12.8 Å². The number of halogens is 1. The van der Waals surface area contributed by atoms with Crippen LogP contribution < -0.4 is 10.6 Å². The molecule has 248 valence electrons. The number of anilines is 2. The van der Waals surface area contributed by atoms with Crippen LogP contribution in [-0.2, 0) is 17.9 Å². The predicted octanol–water partition coefficient (Wildman–Crippen LogP) is 5.08. The number of carbonyl (C=O) groups is 3. The number of aliphatic carboxylic acids is 1. The van der Waals surface area contributed by atoms with E-state index in [2.05, 4.69) is 30.4 Å². The van der Waals surface area contributed by atoms with E-state index >= 15 is 0 Å². The van der Waals surface area contributed by atoms with Crippen molar-refractivity contribution in [3.63, 3.8) is 0 Å². The molecule has 2 atom stereocenters. The Morgan fingerprint density at radius 2 is 1.35 bits per heavy atom. The Hall–Kier alpha value is -4.68. The Balaban J connectivity index is 1.10. The van der Waals surface area contributed by atoms with Gasteiger partial charge in [0, 0.05) is 56.4 Å². The number of rotatable bonds is 10. The first kappa shape index (κ1) is 33.2. The molecule has 2 aliphatic heterocycles. The molecule has 2 saturated heterocycles. The van der Waals surface area contributed by atoms with E-state index in [1.54, 1.807) is 42.7 Å². The summed E-state index contributed by atoms with van der Waals surface area (Å²) in [6, 6.07) is 18.0. The number of carboxylic acid groups (broad SMARTS) is 1. The Labute approximate surface area is 283 Å². The zero-order valence-electron chi connectivity index (χ0n) is 26.5. The summed E-state index contributed by atoms with van der Waals surface area (Å²) in [5, 5.41) is 25.2. The minimum Gasteiger partial charge on any atom is -0.481 e. The van der Waals surface area contributed by atoms with Crippen molar-refractivity contribution in [1.29, 1.82) is 0 Å². The number of likely N-dealkylation sites (tertiary alicyclic amines) is 2. The molecule has 4 N–H and O–H groups in total. The molecule has 2 aromatic carbocycles. The summed E-state index contributed by atoms with van der Waals surface area (Å²) in [7, 11) is 0. The van der Waals surface area contributed by atoms with Gasteiger partial charge in [-0.2, -0.15) is 0 Å². The third-order valence-electron chi connectivity index (χ3n) is 8.92. The molecular weight excluding hydrogens is 632 g/mol. The lowest BCUT2D eigenvalue weighted by Crippen LogP contribution is -2.23. The lowest BCUT2D eigenvalue weighted by Gasteiger charge is -2.16. The zero-order chi connectivity index (χ0) is 33.8. The standard InChI is InChI=1S/C36H37ClN6O5/c1-22-27(4-2-6-29(22)40-34(45)31-10-8-23(16-38-31)18-42-14-12-25(20-42)36(47)48)28-5-3-7-30(33(28)37)41-35(46)32-11-9-24(17-39-32)19-43-15-13-26(44)21-43/h2-11,16-17,25-26,44H,12-15,18-21H2,1H3,(H,40,45)(H,41,46)(H,47,48). The van der Waals surface area contributed by atoms with Gasteiger partial charge in [-0.3, -0.25) is 34.2 Å². The van der Waals surface area contributed by atoms with E-state index in [-0.39, 0.29) is 29.3 Å². The lowest BCUT2D eigenvalue weighted by atomic mass is 9.98. The molecule has 12 heteroatoms. The topological polar surface area (TPSA) is 148 Å². The highest BCUT2D eigenvalue weighted by molar-refractivity contribution is 6.36. The normalized spacial score (nSPS) is 18.1. The summed E-state index contributed by atoms with van der Waals surface area (Å²) >= 11 is 6.84. The summed E-state index contributed by atoms with van der Waals surface area (Å²) in [4.78, 5) is 50.4. The van der Waals surface area contributed by atoms with Crippen LogP contribution in [0.15, 0.2) is 73.1 Å². The van der Waals surface area contributed by atoms with Gasteiger partial charge in [-0.05, 0) is 72.8 Å². The molecule has 4 aromatic rings. The van der Waals surface area contributed by atoms with Crippen molar-refractivity contribution in [1.82, 2.24) is 19.8 Å². The van der Waals surface area contributed by atoms with Crippen LogP contribution in [0.1, 0.15) is 50.5 Å². The van der Waals surface area contributed by atoms with E-state index < -0.39 is 11.9 Å². The lowest BCUT2D eigenvalue weighted by molar-refractivity contribution is -0.141. The van der Waals surface area contributed by atoms with Crippen LogP contribution >= 0.6 is 11.6 Å². The van der Waals surface area contributed by atoms with E-state index in [0.29, 0.717) is 61.1 Å². The van der Waals surface area contributed by atoms with Gasteiger partial charge < -0.3 is 20.8 Å². The number of aromatic nitrogens is 2. The van der Waals surface area contributed by atoms with Gasteiger partial charge in [0.2, 0.25) is 0 Å². The van der Waals surface area contributed by atoms with E-state index in [1.165, 1.54) is 0 Å². The van der Waals surface area contributed by atoms with Crippen LogP contribution in [0.2, 0.25) is 5.02 Å². The number of hydrogen-bond acceptors (Lipinski definition) is 8.